The van der Waals surface area contributed by atoms with Crippen LogP contribution in [-0.2, 0) is 13.0 Å². The number of hydrogen-bond donors (Lipinski definition) is 2. The molecule has 2 heterocycles. The van der Waals surface area contributed by atoms with Crippen LogP contribution in [0.3, 0.4) is 0 Å². The molecule has 1 amide bonds. The van der Waals surface area contributed by atoms with Gasteiger partial charge < -0.3 is 15.0 Å². The Morgan fingerprint density at radius 3 is 2.96 bits per heavy atom. The van der Waals surface area contributed by atoms with Crippen LogP contribution in [0.1, 0.15) is 29.0 Å². The topological polar surface area (TPSA) is 67.2 Å². The van der Waals surface area contributed by atoms with Crippen molar-refractivity contribution in [3.8, 4) is 5.75 Å². The fraction of sp³-hybridized carbons (Fsp3) is 0.222. The van der Waals surface area contributed by atoms with Gasteiger partial charge in [0.1, 0.15) is 17.4 Å². The molecule has 0 bridgehead atoms. The second-order valence-corrected chi connectivity index (χ2v) is 5.81. The number of hydrogen-bond acceptors (Lipinski definition) is 3. The van der Waals surface area contributed by atoms with Gasteiger partial charge in [-0.2, -0.15) is 0 Å². The van der Waals surface area contributed by atoms with E-state index in [0.29, 0.717) is 11.2 Å². The number of carbonyl (C=O) groups is 1. The van der Waals surface area contributed by atoms with Crippen molar-refractivity contribution in [1.82, 2.24) is 9.55 Å². The lowest BCUT2D eigenvalue weighted by atomic mass is 10.0. The highest BCUT2D eigenvalue weighted by molar-refractivity contribution is 6.09. The van der Waals surface area contributed by atoms with Gasteiger partial charge in [0.15, 0.2) is 0 Å². The summed E-state index contributed by atoms with van der Waals surface area (Å²) in [4.78, 5) is 16.9. The molecular weight excluding hydrogens is 290 g/mol. The second kappa shape index (κ2) is 5.43. The molecule has 1 aliphatic rings. The molecule has 0 atom stereocenters. The fourth-order valence-electron chi connectivity index (χ4n) is 3.14. The van der Waals surface area contributed by atoms with E-state index in [4.69, 9.17) is 0 Å². The average Bonchev–Trinajstić information content (AvgIpc) is 2.98. The molecule has 4 rings (SSSR count). The van der Waals surface area contributed by atoms with Crippen molar-refractivity contribution in [2.24, 2.45) is 0 Å². The van der Waals surface area contributed by atoms with Crippen LogP contribution in [0.15, 0.2) is 42.6 Å². The number of rotatable bonds is 2. The Morgan fingerprint density at radius 1 is 1.17 bits per heavy atom. The first kappa shape index (κ1) is 13.8. The van der Waals surface area contributed by atoms with E-state index in [2.05, 4.69) is 10.3 Å². The van der Waals surface area contributed by atoms with Crippen LogP contribution in [-0.4, -0.2) is 20.6 Å². The third kappa shape index (κ3) is 2.34. The van der Waals surface area contributed by atoms with Crippen molar-refractivity contribution in [2.75, 3.05) is 5.32 Å². The number of imidazole rings is 1. The predicted molar refractivity (Wildman–Crippen MR) is 88.7 cm³/mol. The van der Waals surface area contributed by atoms with Crippen molar-refractivity contribution in [1.29, 1.82) is 0 Å². The Labute approximate surface area is 133 Å². The molecule has 116 valence electrons. The zero-order valence-electron chi connectivity index (χ0n) is 12.6. The van der Waals surface area contributed by atoms with Crippen LogP contribution in [0.2, 0.25) is 0 Å². The molecule has 1 aromatic heterocycles. The van der Waals surface area contributed by atoms with E-state index in [1.54, 1.807) is 12.3 Å². The number of fused-ring (bicyclic) bond motifs is 2. The molecule has 0 radical (unpaired) electrons. The molecule has 1 aliphatic heterocycles. The average molecular weight is 307 g/mol. The highest BCUT2D eigenvalue weighted by atomic mass is 16.3. The van der Waals surface area contributed by atoms with Gasteiger partial charge in [0.25, 0.3) is 5.91 Å². The lowest BCUT2D eigenvalue weighted by Gasteiger charge is -2.16. The molecule has 0 spiro atoms. The summed E-state index contributed by atoms with van der Waals surface area (Å²) in [5, 5.41) is 14.9. The molecule has 5 heteroatoms. The third-order valence-corrected chi connectivity index (χ3v) is 4.36. The largest absolute Gasteiger partial charge is 0.506 e. The van der Waals surface area contributed by atoms with Gasteiger partial charge in [-0.05, 0) is 24.3 Å². The Balaban J connectivity index is 1.67. The number of carbonyl (C=O) groups excluding carboxylic acids is 1. The molecule has 0 saturated carbocycles. The number of anilines is 1. The van der Waals surface area contributed by atoms with Crippen LogP contribution in [0.25, 0.3) is 10.8 Å². The van der Waals surface area contributed by atoms with Gasteiger partial charge in [-0.1, -0.05) is 30.3 Å². The van der Waals surface area contributed by atoms with Crippen LogP contribution >= 0.6 is 0 Å². The summed E-state index contributed by atoms with van der Waals surface area (Å²) in [7, 11) is 0. The minimum Gasteiger partial charge on any atom is -0.506 e. The maximum atomic E-state index is 12.6. The van der Waals surface area contributed by atoms with Gasteiger partial charge in [-0.3, -0.25) is 4.79 Å². The number of benzene rings is 2. The van der Waals surface area contributed by atoms with E-state index in [0.717, 1.165) is 37.0 Å². The number of phenolic OH excluding ortho intramolecular Hbond substituents is 1. The Hall–Kier alpha value is -2.82. The SMILES string of the molecule is O=C(Nc1cnc2n1CCCC2)c1ccc2ccccc2c1O. The number of nitrogens with one attached hydrogen (secondary N) is 1. The summed E-state index contributed by atoms with van der Waals surface area (Å²) in [5.74, 6) is 1.40. The smallest absolute Gasteiger partial charge is 0.260 e. The van der Waals surface area contributed by atoms with E-state index < -0.39 is 0 Å². The van der Waals surface area contributed by atoms with E-state index in [1.165, 1.54) is 0 Å². The van der Waals surface area contributed by atoms with E-state index in [9.17, 15) is 9.90 Å². The highest BCUT2D eigenvalue weighted by Crippen LogP contribution is 2.29. The number of amides is 1. The molecule has 0 saturated heterocycles. The predicted octanol–water partition coefficient (Wildman–Crippen LogP) is 3.33. The van der Waals surface area contributed by atoms with Crippen LogP contribution in [0.4, 0.5) is 5.82 Å². The van der Waals surface area contributed by atoms with Crippen molar-refractivity contribution in [3.05, 3.63) is 54.0 Å². The molecule has 0 fully saturated rings. The zero-order chi connectivity index (χ0) is 15.8. The van der Waals surface area contributed by atoms with Crippen LogP contribution in [0, 0.1) is 0 Å². The van der Waals surface area contributed by atoms with Crippen molar-refractivity contribution >= 4 is 22.5 Å². The summed E-state index contributed by atoms with van der Waals surface area (Å²) in [5.41, 5.74) is 0.273. The maximum absolute atomic E-state index is 12.6. The minimum absolute atomic E-state index is 0.0129. The first-order valence-corrected chi connectivity index (χ1v) is 7.80. The van der Waals surface area contributed by atoms with Gasteiger partial charge >= 0.3 is 0 Å². The van der Waals surface area contributed by atoms with Gasteiger partial charge in [-0.25, -0.2) is 4.98 Å². The monoisotopic (exact) mass is 307 g/mol. The maximum Gasteiger partial charge on any atom is 0.260 e. The lowest BCUT2D eigenvalue weighted by molar-refractivity contribution is 0.102. The Kier molecular flexibility index (Phi) is 3.26. The minimum atomic E-state index is -0.318. The first-order valence-electron chi connectivity index (χ1n) is 7.80. The molecule has 0 aliphatic carbocycles. The number of aromatic nitrogens is 2. The van der Waals surface area contributed by atoms with E-state index >= 15 is 0 Å². The summed E-state index contributed by atoms with van der Waals surface area (Å²) in [6.07, 6.45) is 4.86. The van der Waals surface area contributed by atoms with Crippen molar-refractivity contribution < 1.29 is 9.90 Å². The van der Waals surface area contributed by atoms with Crippen LogP contribution < -0.4 is 5.32 Å². The zero-order valence-corrected chi connectivity index (χ0v) is 12.6. The van der Waals surface area contributed by atoms with Gasteiger partial charge in [0.05, 0.1) is 11.8 Å². The Morgan fingerprint density at radius 2 is 2.04 bits per heavy atom. The molecule has 3 aromatic rings. The third-order valence-electron chi connectivity index (χ3n) is 4.36. The number of phenols is 1. The summed E-state index contributed by atoms with van der Waals surface area (Å²) >= 11 is 0. The molecular formula is C18H17N3O2. The molecule has 23 heavy (non-hydrogen) atoms. The first-order chi connectivity index (χ1) is 11.2. The normalized spacial score (nSPS) is 13.7. The molecule has 0 unspecified atom stereocenters. The van der Waals surface area contributed by atoms with Gasteiger partial charge in [-0.15, -0.1) is 0 Å². The standard InChI is InChI=1S/C18H17N3O2/c22-17-13-6-2-1-5-12(13)8-9-14(17)18(23)20-16-11-19-15-7-3-4-10-21(15)16/h1-2,5-6,8-9,11,22H,3-4,7,10H2,(H,20,23). The summed E-state index contributed by atoms with van der Waals surface area (Å²) < 4.78 is 2.04. The van der Waals surface area contributed by atoms with E-state index in [1.807, 2.05) is 34.9 Å². The molecule has 5 nitrogen and oxygen atoms in total. The number of aryl methyl sites for hydroxylation is 1. The van der Waals surface area contributed by atoms with Gasteiger partial charge in [0, 0.05) is 18.4 Å². The van der Waals surface area contributed by atoms with E-state index in [-0.39, 0.29) is 17.2 Å². The van der Waals surface area contributed by atoms with Crippen LogP contribution in [0.5, 0.6) is 5.75 Å². The molecule has 2 aromatic carbocycles. The fourth-order valence-corrected chi connectivity index (χ4v) is 3.14. The number of nitrogens with zero attached hydrogens (tertiary/aromatic N) is 2. The Bertz CT molecular complexity index is 898. The van der Waals surface area contributed by atoms with Gasteiger partial charge in [0.2, 0.25) is 0 Å². The lowest BCUT2D eigenvalue weighted by Crippen LogP contribution is -2.18. The highest BCUT2D eigenvalue weighted by Gasteiger charge is 2.18. The molecule has 2 N–H and O–H groups in total. The summed E-state index contributed by atoms with van der Waals surface area (Å²) in [6.45, 7) is 0.870. The second-order valence-electron chi connectivity index (χ2n) is 5.81. The van der Waals surface area contributed by atoms with Crippen molar-refractivity contribution in [2.45, 2.75) is 25.8 Å². The quantitative estimate of drug-likeness (QED) is 0.763. The van der Waals surface area contributed by atoms with Crippen molar-refractivity contribution in [3.63, 3.8) is 0 Å². The summed E-state index contributed by atoms with van der Waals surface area (Å²) in [6, 6.07) is 11.0. The number of aromatic hydroxyl groups is 1.